The predicted molar refractivity (Wildman–Crippen MR) is 187 cm³/mol. The number of furan rings is 1. The zero-order valence-corrected chi connectivity index (χ0v) is 25.3. The minimum absolute atomic E-state index is 0.190. The second-order valence-corrected chi connectivity index (χ2v) is 11.5. The Hall–Kier alpha value is -7.09. The van der Waals surface area contributed by atoms with Crippen LogP contribution in [0.3, 0.4) is 0 Å². The average Bonchev–Trinajstić information content (AvgIpc) is 3.68. The van der Waals surface area contributed by atoms with Crippen LogP contribution in [0.4, 0.5) is 0 Å². The smallest absolute Gasteiger partial charge is 0.165 e. The summed E-state index contributed by atoms with van der Waals surface area (Å²) in [5.41, 5.74) is 6.43. The summed E-state index contributed by atoms with van der Waals surface area (Å²) in [5, 5.41) is 25.4. The molecule has 7 heteroatoms. The lowest BCUT2D eigenvalue weighted by molar-refractivity contribution is 0.669. The Morgan fingerprint density at radius 3 is 1.77 bits per heavy atom. The van der Waals surface area contributed by atoms with Crippen LogP contribution in [0.15, 0.2) is 138 Å². The molecule has 0 radical (unpaired) electrons. The first-order chi connectivity index (χ1) is 23.7. The van der Waals surface area contributed by atoms with E-state index in [-0.39, 0.29) is 11.1 Å². The summed E-state index contributed by atoms with van der Waals surface area (Å²) in [4.78, 5) is 14.4. The van der Waals surface area contributed by atoms with Crippen molar-refractivity contribution in [2.24, 2.45) is 0 Å². The molecule has 0 unspecified atom stereocenters. The molecule has 6 aromatic carbocycles. The molecule has 0 fully saturated rings. The fourth-order valence-corrected chi connectivity index (χ4v) is 6.57. The molecule has 9 aromatic rings. The van der Waals surface area contributed by atoms with Gasteiger partial charge in [-0.25, -0.2) is 15.0 Å². The Balaban J connectivity index is 1.30. The maximum atomic E-state index is 10.7. The van der Waals surface area contributed by atoms with Crippen molar-refractivity contribution in [1.29, 1.82) is 10.5 Å². The van der Waals surface area contributed by atoms with Gasteiger partial charge in [0.05, 0.1) is 27.8 Å². The first-order valence-electron chi connectivity index (χ1n) is 15.4. The second-order valence-electron chi connectivity index (χ2n) is 11.5. The van der Waals surface area contributed by atoms with Crippen molar-refractivity contribution in [3.8, 4) is 52.0 Å². The highest BCUT2D eigenvalue weighted by Gasteiger charge is 2.23. The van der Waals surface area contributed by atoms with Crippen LogP contribution in [0.5, 0.6) is 0 Å². The van der Waals surface area contributed by atoms with Gasteiger partial charge in [-0.05, 0) is 30.3 Å². The Labute approximate surface area is 274 Å². The second kappa shape index (κ2) is 10.8. The molecule has 3 heterocycles. The van der Waals surface area contributed by atoms with Gasteiger partial charge in [0.15, 0.2) is 17.5 Å². The van der Waals surface area contributed by atoms with Crippen molar-refractivity contribution in [2.75, 3.05) is 0 Å². The van der Waals surface area contributed by atoms with Crippen LogP contribution in [0.1, 0.15) is 11.1 Å². The summed E-state index contributed by atoms with van der Waals surface area (Å²) in [6.45, 7) is 0. The number of aromatic nitrogens is 4. The molecule has 0 atom stereocenters. The van der Waals surface area contributed by atoms with Crippen LogP contribution in [-0.2, 0) is 0 Å². The maximum absolute atomic E-state index is 10.7. The largest absolute Gasteiger partial charge is 0.456 e. The Morgan fingerprint density at radius 1 is 0.479 bits per heavy atom. The van der Waals surface area contributed by atoms with E-state index in [1.165, 1.54) is 0 Å². The first-order valence-corrected chi connectivity index (χ1v) is 15.4. The number of nitriles is 2. The summed E-state index contributed by atoms with van der Waals surface area (Å²) in [6, 6.07) is 48.0. The van der Waals surface area contributed by atoms with Crippen molar-refractivity contribution in [1.82, 2.24) is 19.5 Å². The minimum atomic E-state index is 0.190. The molecule has 0 saturated carbocycles. The van der Waals surface area contributed by atoms with Crippen molar-refractivity contribution >= 4 is 43.7 Å². The van der Waals surface area contributed by atoms with E-state index in [2.05, 4.69) is 30.3 Å². The van der Waals surface area contributed by atoms with Crippen LogP contribution < -0.4 is 0 Å². The fraction of sp³-hybridized carbons (Fsp3) is 0. The summed E-state index contributed by atoms with van der Waals surface area (Å²) in [7, 11) is 0. The molecule has 222 valence electrons. The molecule has 0 bridgehead atoms. The van der Waals surface area contributed by atoms with Gasteiger partial charge in [0.25, 0.3) is 0 Å². The van der Waals surface area contributed by atoms with Gasteiger partial charge in [0.2, 0.25) is 0 Å². The molecule has 0 amide bonds. The lowest BCUT2D eigenvalue weighted by atomic mass is 9.99. The van der Waals surface area contributed by atoms with Gasteiger partial charge in [-0.2, -0.15) is 10.5 Å². The predicted octanol–water partition coefficient (Wildman–Crippen LogP) is 9.61. The molecule has 9 rings (SSSR count). The first kappa shape index (κ1) is 27.2. The monoisotopic (exact) mass is 614 g/mol. The van der Waals surface area contributed by atoms with Gasteiger partial charge in [0.1, 0.15) is 23.3 Å². The summed E-state index contributed by atoms with van der Waals surface area (Å²) < 4.78 is 8.31. The Bertz CT molecular complexity index is 2740. The van der Waals surface area contributed by atoms with Crippen molar-refractivity contribution in [3.63, 3.8) is 0 Å². The van der Waals surface area contributed by atoms with E-state index in [4.69, 9.17) is 19.4 Å². The Morgan fingerprint density at radius 2 is 1.08 bits per heavy atom. The highest BCUT2D eigenvalue weighted by molar-refractivity contribution is 6.17. The Kier molecular flexibility index (Phi) is 6.11. The quantitative estimate of drug-likeness (QED) is 0.195. The van der Waals surface area contributed by atoms with Crippen molar-refractivity contribution < 1.29 is 4.42 Å². The third-order valence-electron chi connectivity index (χ3n) is 8.76. The van der Waals surface area contributed by atoms with E-state index in [0.29, 0.717) is 28.7 Å². The van der Waals surface area contributed by atoms with Gasteiger partial charge in [-0.1, -0.05) is 97.1 Å². The number of rotatable bonds is 4. The molecule has 0 aliphatic carbocycles. The molecule has 0 spiro atoms. The van der Waals surface area contributed by atoms with E-state index in [0.717, 1.165) is 54.9 Å². The molecule has 0 aliphatic heterocycles. The summed E-state index contributed by atoms with van der Waals surface area (Å²) in [6.07, 6.45) is 0. The molecule has 0 saturated heterocycles. The molecule has 3 aromatic heterocycles. The molecule has 7 nitrogen and oxygen atoms in total. The number of benzene rings is 6. The highest BCUT2D eigenvalue weighted by Crippen LogP contribution is 2.40. The van der Waals surface area contributed by atoms with Gasteiger partial charge >= 0.3 is 0 Å². The van der Waals surface area contributed by atoms with Gasteiger partial charge in [-0.15, -0.1) is 0 Å². The van der Waals surface area contributed by atoms with Crippen molar-refractivity contribution in [3.05, 3.63) is 145 Å². The number of hydrogen-bond donors (Lipinski definition) is 0. The van der Waals surface area contributed by atoms with Gasteiger partial charge in [0, 0.05) is 44.3 Å². The van der Waals surface area contributed by atoms with Gasteiger partial charge in [-0.3, -0.25) is 0 Å². The molecular weight excluding hydrogens is 592 g/mol. The minimum Gasteiger partial charge on any atom is -0.456 e. The van der Waals surface area contributed by atoms with E-state index >= 15 is 0 Å². The fourth-order valence-electron chi connectivity index (χ4n) is 6.57. The van der Waals surface area contributed by atoms with Crippen molar-refractivity contribution in [2.45, 2.75) is 0 Å². The van der Waals surface area contributed by atoms with Crippen LogP contribution >= 0.6 is 0 Å². The molecule has 48 heavy (non-hydrogen) atoms. The van der Waals surface area contributed by atoms with Crippen LogP contribution in [0, 0.1) is 22.7 Å². The number of nitrogens with zero attached hydrogens (tertiary/aromatic N) is 6. The zero-order valence-electron chi connectivity index (χ0n) is 25.3. The molecular formula is C41H22N6O. The molecule has 0 aliphatic rings. The third kappa shape index (κ3) is 4.16. The summed E-state index contributed by atoms with van der Waals surface area (Å²) >= 11 is 0. The summed E-state index contributed by atoms with van der Waals surface area (Å²) in [5.74, 6) is 1.26. The number of fused-ring (bicyclic) bond motifs is 6. The van der Waals surface area contributed by atoms with E-state index in [1.54, 1.807) is 0 Å². The number of hydrogen-bond acceptors (Lipinski definition) is 6. The molecule has 0 N–H and O–H groups in total. The van der Waals surface area contributed by atoms with E-state index < -0.39 is 0 Å². The van der Waals surface area contributed by atoms with E-state index in [1.807, 2.05) is 120 Å². The van der Waals surface area contributed by atoms with Crippen LogP contribution in [-0.4, -0.2) is 19.5 Å². The zero-order chi connectivity index (χ0) is 32.2. The van der Waals surface area contributed by atoms with Crippen LogP contribution in [0.2, 0.25) is 0 Å². The van der Waals surface area contributed by atoms with Gasteiger partial charge < -0.3 is 8.98 Å². The highest BCUT2D eigenvalue weighted by atomic mass is 16.3. The lowest BCUT2D eigenvalue weighted by Gasteiger charge is -2.14. The maximum Gasteiger partial charge on any atom is 0.165 e. The van der Waals surface area contributed by atoms with E-state index in [9.17, 15) is 10.5 Å². The SMILES string of the molecule is N#Cc1c(-c2nc(-c3ccccc3)nc(-c3ccccc3)n2)ccc(-n2c3ccccc3c3cc4c(cc32)oc2ccccc24)c1C#N. The topological polar surface area (TPSA) is 104 Å². The number of para-hydroxylation sites is 2. The average molecular weight is 615 g/mol. The lowest BCUT2D eigenvalue weighted by Crippen LogP contribution is -2.05. The van der Waals surface area contributed by atoms with Crippen LogP contribution in [0.25, 0.3) is 83.6 Å². The normalized spacial score (nSPS) is 11.3. The standard InChI is InChI=1S/C41H22N6O/c42-23-32-29(41-45-39(25-11-3-1-4-12-25)44-40(46-41)26-13-5-2-6-14-26)19-20-35(33(32)24-43)47-34-17-9-7-15-27(34)30-21-31-28-16-8-10-18-37(28)48-38(31)22-36(30)47/h1-22H. The third-order valence-corrected chi connectivity index (χ3v) is 8.76.